The average Bonchev–Trinajstić information content (AvgIpc) is 3.55. The van der Waals surface area contributed by atoms with Crippen molar-refractivity contribution in [2.24, 2.45) is 0 Å². The molecule has 3 aromatic rings. The van der Waals surface area contributed by atoms with Gasteiger partial charge in [0.05, 0.1) is 39.5 Å². The van der Waals surface area contributed by atoms with Crippen LogP contribution in [-0.4, -0.2) is 34.9 Å². The van der Waals surface area contributed by atoms with E-state index in [1.54, 1.807) is 0 Å². The van der Waals surface area contributed by atoms with E-state index in [-0.39, 0.29) is 32.9 Å². The zero-order valence-electron chi connectivity index (χ0n) is 16.8. The first-order valence-electron chi connectivity index (χ1n) is 9.71. The molecule has 3 aromatic heterocycles. The summed E-state index contributed by atoms with van der Waals surface area (Å²) >= 11 is 0. The van der Waals surface area contributed by atoms with Crippen molar-refractivity contribution in [2.45, 2.75) is 42.8 Å². The maximum Gasteiger partial charge on any atom is 0.406 e. The number of sulfone groups is 1. The first-order valence-corrected chi connectivity index (χ1v) is 11.4. The fourth-order valence-corrected chi connectivity index (χ4v) is 4.62. The molecule has 0 aliphatic heterocycles. The third-order valence-electron chi connectivity index (χ3n) is 5.54. The van der Waals surface area contributed by atoms with Crippen molar-refractivity contribution in [3.63, 3.8) is 0 Å². The van der Waals surface area contributed by atoms with Gasteiger partial charge < -0.3 is 0 Å². The molecule has 1 fully saturated rings. The standard InChI is InChI=1S/C21H17F3N4O3S/c1-2-32(30,31)17-8-14(20(11-25)5-6-20)9-27-19(17)15-7-13-3-4-18(29)28(12-21(22,23)24)16(13)10-26-15/h3-4,7-10H,2,5-6,12H2,1H3. The minimum atomic E-state index is -4.60. The molecule has 32 heavy (non-hydrogen) atoms. The van der Waals surface area contributed by atoms with Gasteiger partial charge in [-0.15, -0.1) is 0 Å². The summed E-state index contributed by atoms with van der Waals surface area (Å²) in [6.07, 6.45) is -0.831. The molecule has 1 saturated carbocycles. The van der Waals surface area contributed by atoms with Crippen LogP contribution in [0.25, 0.3) is 22.3 Å². The summed E-state index contributed by atoms with van der Waals surface area (Å²) in [6.45, 7) is 0.00940. The Morgan fingerprint density at radius 2 is 1.91 bits per heavy atom. The van der Waals surface area contributed by atoms with E-state index >= 15 is 0 Å². The summed E-state index contributed by atoms with van der Waals surface area (Å²) in [6, 6.07) is 7.41. The molecule has 3 heterocycles. The summed E-state index contributed by atoms with van der Waals surface area (Å²) in [7, 11) is -3.75. The van der Waals surface area contributed by atoms with Crippen molar-refractivity contribution < 1.29 is 21.6 Å². The van der Waals surface area contributed by atoms with E-state index in [0.29, 0.717) is 23.0 Å². The highest BCUT2D eigenvalue weighted by atomic mass is 32.2. The van der Waals surface area contributed by atoms with E-state index in [2.05, 4.69) is 16.0 Å². The first kappa shape index (κ1) is 22.0. The van der Waals surface area contributed by atoms with Gasteiger partial charge in [-0.05, 0) is 36.6 Å². The molecule has 0 unspecified atom stereocenters. The van der Waals surface area contributed by atoms with Gasteiger partial charge in [0.15, 0.2) is 9.84 Å². The zero-order chi connectivity index (χ0) is 23.3. The van der Waals surface area contributed by atoms with E-state index in [4.69, 9.17) is 0 Å². The van der Waals surface area contributed by atoms with Crippen molar-refractivity contribution in [1.29, 1.82) is 5.26 Å². The zero-order valence-corrected chi connectivity index (χ0v) is 17.7. The third-order valence-corrected chi connectivity index (χ3v) is 7.28. The second kappa shape index (κ2) is 7.41. The van der Waals surface area contributed by atoms with Crippen LogP contribution in [0.2, 0.25) is 0 Å². The van der Waals surface area contributed by atoms with Gasteiger partial charge in [0.2, 0.25) is 0 Å². The van der Waals surface area contributed by atoms with Crippen molar-refractivity contribution in [1.82, 2.24) is 14.5 Å². The van der Waals surface area contributed by atoms with Gasteiger partial charge in [0, 0.05) is 17.6 Å². The quantitative estimate of drug-likeness (QED) is 0.576. The summed E-state index contributed by atoms with van der Waals surface area (Å²) in [5, 5.41) is 9.73. The van der Waals surface area contributed by atoms with Crippen LogP contribution in [0.1, 0.15) is 25.3 Å². The Morgan fingerprint density at radius 3 is 2.50 bits per heavy atom. The number of nitrogens with zero attached hydrogens (tertiary/aromatic N) is 4. The fourth-order valence-electron chi connectivity index (χ4n) is 3.55. The molecule has 166 valence electrons. The highest BCUT2D eigenvalue weighted by Crippen LogP contribution is 2.48. The predicted molar refractivity (Wildman–Crippen MR) is 110 cm³/mol. The van der Waals surface area contributed by atoms with E-state index in [0.717, 1.165) is 12.3 Å². The van der Waals surface area contributed by atoms with E-state index < -0.39 is 33.5 Å². The van der Waals surface area contributed by atoms with Crippen molar-refractivity contribution >= 4 is 20.7 Å². The molecule has 0 spiro atoms. The van der Waals surface area contributed by atoms with Gasteiger partial charge >= 0.3 is 6.18 Å². The van der Waals surface area contributed by atoms with Gasteiger partial charge in [-0.2, -0.15) is 18.4 Å². The first-order chi connectivity index (χ1) is 15.0. The topological polar surface area (TPSA) is 106 Å². The van der Waals surface area contributed by atoms with Crippen LogP contribution in [0.4, 0.5) is 13.2 Å². The highest BCUT2D eigenvalue weighted by molar-refractivity contribution is 7.91. The summed E-state index contributed by atoms with van der Waals surface area (Å²) in [5.74, 6) is -0.205. The maximum absolute atomic E-state index is 12.9. The lowest BCUT2D eigenvalue weighted by molar-refractivity contribution is -0.140. The smallest absolute Gasteiger partial charge is 0.298 e. The van der Waals surface area contributed by atoms with E-state index in [9.17, 15) is 31.6 Å². The van der Waals surface area contributed by atoms with Gasteiger partial charge in [-0.25, -0.2) is 8.42 Å². The number of aromatic nitrogens is 3. The molecule has 0 saturated heterocycles. The van der Waals surface area contributed by atoms with E-state index in [1.165, 1.54) is 31.3 Å². The average molecular weight is 462 g/mol. The molecular formula is C21H17F3N4O3S. The van der Waals surface area contributed by atoms with Gasteiger partial charge in [0.1, 0.15) is 12.2 Å². The number of hydrogen-bond donors (Lipinski definition) is 0. The molecule has 0 aromatic carbocycles. The van der Waals surface area contributed by atoms with Crippen molar-refractivity contribution in [3.05, 3.63) is 52.6 Å². The Hall–Kier alpha value is -3.26. The van der Waals surface area contributed by atoms with Gasteiger partial charge in [0.25, 0.3) is 5.56 Å². The second-order valence-electron chi connectivity index (χ2n) is 7.67. The molecule has 7 nitrogen and oxygen atoms in total. The van der Waals surface area contributed by atoms with Gasteiger partial charge in [-0.1, -0.05) is 6.92 Å². The Labute approximate surface area is 181 Å². The lowest BCUT2D eigenvalue weighted by Crippen LogP contribution is -2.27. The van der Waals surface area contributed by atoms with Crippen LogP contribution in [-0.2, 0) is 21.8 Å². The second-order valence-corrected chi connectivity index (χ2v) is 9.92. The maximum atomic E-state index is 12.9. The van der Waals surface area contributed by atoms with Crippen LogP contribution in [0.3, 0.4) is 0 Å². The summed E-state index contributed by atoms with van der Waals surface area (Å²) in [4.78, 5) is 20.3. The molecule has 4 rings (SSSR count). The Morgan fingerprint density at radius 1 is 1.19 bits per heavy atom. The van der Waals surface area contributed by atoms with Crippen LogP contribution in [0.5, 0.6) is 0 Å². The van der Waals surface area contributed by atoms with Crippen LogP contribution < -0.4 is 5.56 Å². The van der Waals surface area contributed by atoms with Crippen LogP contribution in [0, 0.1) is 11.3 Å². The molecule has 1 aliphatic rings. The Balaban J connectivity index is 1.90. The van der Waals surface area contributed by atoms with Crippen LogP contribution >= 0.6 is 0 Å². The van der Waals surface area contributed by atoms with Crippen LogP contribution in [0.15, 0.2) is 46.3 Å². The minimum Gasteiger partial charge on any atom is -0.298 e. The molecule has 0 amide bonds. The monoisotopic (exact) mass is 462 g/mol. The number of alkyl halides is 3. The van der Waals surface area contributed by atoms with Crippen molar-refractivity contribution in [2.75, 3.05) is 5.75 Å². The highest BCUT2D eigenvalue weighted by Gasteiger charge is 2.46. The third kappa shape index (κ3) is 3.86. The largest absolute Gasteiger partial charge is 0.406 e. The number of halogens is 3. The van der Waals surface area contributed by atoms with Crippen molar-refractivity contribution in [3.8, 4) is 17.5 Å². The Bertz CT molecular complexity index is 1440. The number of fused-ring (bicyclic) bond motifs is 1. The Kier molecular flexibility index (Phi) is 5.08. The molecule has 11 heteroatoms. The lowest BCUT2D eigenvalue weighted by atomic mass is 9.99. The molecule has 1 aliphatic carbocycles. The predicted octanol–water partition coefficient (Wildman–Crippen LogP) is 3.37. The summed E-state index contributed by atoms with van der Waals surface area (Å²) in [5.41, 5.74) is -0.914. The molecular weight excluding hydrogens is 445 g/mol. The number of hydrogen-bond acceptors (Lipinski definition) is 6. The molecule has 0 bridgehead atoms. The number of rotatable bonds is 5. The number of nitriles is 1. The van der Waals surface area contributed by atoms with E-state index in [1.807, 2.05) is 0 Å². The molecule has 0 atom stereocenters. The minimum absolute atomic E-state index is 0.0310. The molecule has 0 radical (unpaired) electrons. The summed E-state index contributed by atoms with van der Waals surface area (Å²) < 4.78 is 64.8. The SMILES string of the molecule is CCS(=O)(=O)c1cc(C2(C#N)CC2)cnc1-c1cc2ccc(=O)n(CC(F)(F)F)c2cn1. The lowest BCUT2D eigenvalue weighted by Gasteiger charge is -2.15. The number of pyridine rings is 3. The molecule has 0 N–H and O–H groups in total. The van der Waals surface area contributed by atoms with Gasteiger partial charge in [-0.3, -0.25) is 19.3 Å². The fraction of sp³-hybridized carbons (Fsp3) is 0.333. The normalized spacial score (nSPS) is 15.5.